The molecular formula is C9H13NO3. The number of likely N-dealkylation sites (tertiary alicyclic amines) is 1. The molecule has 0 aromatic rings. The Balaban J connectivity index is 2.64. The van der Waals surface area contributed by atoms with Crippen LogP contribution in [0.15, 0.2) is 5.70 Å². The molecule has 1 saturated heterocycles. The van der Waals surface area contributed by atoms with Crippen molar-refractivity contribution < 1.29 is 14.3 Å². The van der Waals surface area contributed by atoms with Gasteiger partial charge in [0.1, 0.15) is 11.6 Å². The molecule has 0 N–H and O–H groups in total. The van der Waals surface area contributed by atoms with Crippen LogP contribution in [0.25, 0.3) is 0 Å². The van der Waals surface area contributed by atoms with Crippen LogP contribution in [0.5, 0.6) is 0 Å². The van der Waals surface area contributed by atoms with Gasteiger partial charge < -0.3 is 4.74 Å². The van der Waals surface area contributed by atoms with Gasteiger partial charge in [0, 0.05) is 6.54 Å². The van der Waals surface area contributed by atoms with Gasteiger partial charge in [-0.25, -0.2) is 9.59 Å². The normalized spacial score (nSPS) is 16.7. The van der Waals surface area contributed by atoms with E-state index in [9.17, 15) is 9.59 Å². The second kappa shape index (κ2) is 4.67. The van der Waals surface area contributed by atoms with Gasteiger partial charge in [-0.05, 0) is 26.2 Å². The van der Waals surface area contributed by atoms with Gasteiger partial charge in [-0.2, -0.15) is 0 Å². The predicted molar refractivity (Wildman–Crippen MR) is 46.8 cm³/mol. The molecule has 4 heteroatoms. The zero-order valence-corrected chi connectivity index (χ0v) is 7.71. The van der Waals surface area contributed by atoms with Gasteiger partial charge in [-0.15, -0.1) is 0 Å². The summed E-state index contributed by atoms with van der Waals surface area (Å²) in [7, 11) is 0. The Hall–Kier alpha value is -1.28. The number of carbonyl (C=O) groups is 1. The van der Waals surface area contributed by atoms with E-state index < -0.39 is 6.09 Å². The van der Waals surface area contributed by atoms with E-state index in [-0.39, 0.29) is 0 Å². The lowest BCUT2D eigenvalue weighted by Gasteiger charge is -2.25. The molecule has 0 aromatic heterocycles. The highest BCUT2D eigenvalue weighted by Crippen LogP contribution is 2.18. The fourth-order valence-electron chi connectivity index (χ4n) is 1.34. The number of hydrogen-bond donors (Lipinski definition) is 0. The van der Waals surface area contributed by atoms with E-state index in [0.717, 1.165) is 12.8 Å². The Morgan fingerprint density at radius 1 is 1.62 bits per heavy atom. The monoisotopic (exact) mass is 183 g/mol. The third kappa shape index (κ3) is 2.33. The summed E-state index contributed by atoms with van der Waals surface area (Å²) in [5, 5.41) is 0. The summed E-state index contributed by atoms with van der Waals surface area (Å²) in [6, 6.07) is 0. The average molecular weight is 183 g/mol. The van der Waals surface area contributed by atoms with Gasteiger partial charge in [0.2, 0.25) is 0 Å². The lowest BCUT2D eigenvalue weighted by atomic mass is 10.1. The first-order chi connectivity index (χ1) is 6.29. The molecule has 0 radical (unpaired) electrons. The number of ether oxygens (including phenoxy) is 1. The highest BCUT2D eigenvalue weighted by Gasteiger charge is 2.22. The number of hydrogen-bond acceptors (Lipinski definition) is 3. The molecule has 13 heavy (non-hydrogen) atoms. The van der Waals surface area contributed by atoms with Crippen molar-refractivity contribution in [2.75, 3.05) is 13.2 Å². The lowest BCUT2D eigenvalue weighted by molar-refractivity contribution is 0.113. The summed E-state index contributed by atoms with van der Waals surface area (Å²) in [5.74, 6) is 1.79. The molecule has 1 aliphatic heterocycles. The van der Waals surface area contributed by atoms with Crippen LogP contribution in [-0.2, 0) is 9.53 Å². The minimum atomic E-state index is -0.430. The molecule has 0 aliphatic carbocycles. The van der Waals surface area contributed by atoms with Gasteiger partial charge in [-0.3, -0.25) is 4.90 Å². The molecule has 1 amide bonds. The summed E-state index contributed by atoms with van der Waals surface area (Å²) in [6.07, 6.45) is 2.06. The number of piperidine rings is 1. The maximum absolute atomic E-state index is 11.3. The summed E-state index contributed by atoms with van der Waals surface area (Å²) < 4.78 is 4.80. The first-order valence-electron chi connectivity index (χ1n) is 4.48. The second-order valence-electron chi connectivity index (χ2n) is 2.86. The zero-order valence-electron chi connectivity index (χ0n) is 7.71. The average Bonchev–Trinajstić information content (AvgIpc) is 2.18. The molecular weight excluding hydrogens is 170 g/mol. The molecule has 1 rings (SSSR count). The third-order valence-electron chi connectivity index (χ3n) is 1.98. The fraction of sp³-hybridized carbons (Fsp3) is 0.667. The molecule has 0 aromatic carbocycles. The third-order valence-corrected chi connectivity index (χ3v) is 1.98. The van der Waals surface area contributed by atoms with E-state index in [4.69, 9.17) is 4.74 Å². The number of nitrogens with zero attached hydrogens (tertiary/aromatic N) is 1. The van der Waals surface area contributed by atoms with Crippen LogP contribution in [0.2, 0.25) is 0 Å². The standard InChI is InChI=1S/C9H13NO3/c1-2-13-9(12)10-6-4-3-5-8(10)7-11/h2-6H2,1H3. The molecule has 0 bridgehead atoms. The van der Waals surface area contributed by atoms with Crippen LogP contribution < -0.4 is 0 Å². The van der Waals surface area contributed by atoms with E-state index in [2.05, 4.69) is 0 Å². The van der Waals surface area contributed by atoms with Gasteiger partial charge in [-0.1, -0.05) is 0 Å². The topological polar surface area (TPSA) is 46.6 Å². The van der Waals surface area contributed by atoms with E-state index in [1.165, 1.54) is 4.90 Å². The minimum absolute atomic E-state index is 0.335. The number of amides is 1. The Labute approximate surface area is 77.2 Å². The largest absolute Gasteiger partial charge is 0.449 e. The van der Waals surface area contributed by atoms with Crippen LogP contribution in [0.1, 0.15) is 26.2 Å². The summed E-state index contributed by atoms with van der Waals surface area (Å²) in [6.45, 7) is 2.65. The molecule has 1 aliphatic rings. The number of rotatable bonds is 1. The Morgan fingerprint density at radius 2 is 2.38 bits per heavy atom. The first-order valence-corrected chi connectivity index (χ1v) is 4.48. The predicted octanol–water partition coefficient (Wildman–Crippen LogP) is 1.34. The van der Waals surface area contributed by atoms with Gasteiger partial charge in [0.15, 0.2) is 0 Å². The van der Waals surface area contributed by atoms with Crippen molar-refractivity contribution in [3.8, 4) is 0 Å². The smallest absolute Gasteiger partial charge is 0.414 e. The number of allylic oxidation sites excluding steroid dienone is 1. The van der Waals surface area contributed by atoms with Crippen molar-refractivity contribution in [2.45, 2.75) is 26.2 Å². The fourth-order valence-corrected chi connectivity index (χ4v) is 1.34. The maximum Gasteiger partial charge on any atom is 0.414 e. The van der Waals surface area contributed by atoms with Crippen LogP contribution in [0.3, 0.4) is 0 Å². The minimum Gasteiger partial charge on any atom is -0.449 e. The van der Waals surface area contributed by atoms with E-state index in [1.807, 2.05) is 0 Å². The van der Waals surface area contributed by atoms with E-state index in [1.54, 1.807) is 12.9 Å². The maximum atomic E-state index is 11.3. The van der Waals surface area contributed by atoms with E-state index >= 15 is 0 Å². The SMILES string of the molecule is CCOC(=O)N1CCCCC1=C=O. The van der Waals surface area contributed by atoms with Gasteiger partial charge in [0.05, 0.1) is 6.61 Å². The quantitative estimate of drug-likeness (QED) is 0.576. The van der Waals surface area contributed by atoms with Gasteiger partial charge in [0.25, 0.3) is 0 Å². The highest BCUT2D eigenvalue weighted by atomic mass is 16.6. The van der Waals surface area contributed by atoms with Crippen molar-refractivity contribution in [3.63, 3.8) is 0 Å². The molecule has 1 heterocycles. The van der Waals surface area contributed by atoms with Gasteiger partial charge >= 0.3 is 6.09 Å². The van der Waals surface area contributed by atoms with Crippen LogP contribution >= 0.6 is 0 Å². The Morgan fingerprint density at radius 3 is 3.00 bits per heavy atom. The molecule has 0 atom stereocenters. The van der Waals surface area contributed by atoms with E-state index in [0.29, 0.717) is 25.3 Å². The van der Waals surface area contributed by atoms with Crippen molar-refractivity contribution >= 4 is 12.0 Å². The number of carbonyl (C=O) groups excluding carboxylic acids is 2. The summed E-state index contributed by atoms with van der Waals surface area (Å²) >= 11 is 0. The molecule has 1 fully saturated rings. The highest BCUT2D eigenvalue weighted by molar-refractivity contribution is 5.73. The van der Waals surface area contributed by atoms with Crippen molar-refractivity contribution in [1.29, 1.82) is 0 Å². The summed E-state index contributed by atoms with van der Waals surface area (Å²) in [5.41, 5.74) is 0.421. The second-order valence-corrected chi connectivity index (χ2v) is 2.86. The molecule has 0 spiro atoms. The first kappa shape index (κ1) is 9.81. The molecule has 0 saturated carbocycles. The van der Waals surface area contributed by atoms with Crippen molar-refractivity contribution in [2.24, 2.45) is 0 Å². The molecule has 72 valence electrons. The Bertz CT molecular complexity index is 243. The zero-order chi connectivity index (χ0) is 9.68. The van der Waals surface area contributed by atoms with Crippen LogP contribution in [0.4, 0.5) is 4.79 Å². The molecule has 0 unspecified atom stereocenters. The summed E-state index contributed by atoms with van der Waals surface area (Å²) in [4.78, 5) is 23.1. The van der Waals surface area contributed by atoms with Crippen LogP contribution in [-0.4, -0.2) is 30.1 Å². The van der Waals surface area contributed by atoms with Crippen LogP contribution in [0, 0.1) is 0 Å². The van der Waals surface area contributed by atoms with Crippen molar-refractivity contribution in [1.82, 2.24) is 4.90 Å². The Kier molecular flexibility index (Phi) is 3.53. The molecule has 4 nitrogen and oxygen atoms in total. The van der Waals surface area contributed by atoms with Crippen molar-refractivity contribution in [3.05, 3.63) is 5.70 Å². The lowest BCUT2D eigenvalue weighted by Crippen LogP contribution is -2.34.